The molecule has 0 radical (unpaired) electrons. The largest absolute Gasteiger partial charge is 0.487 e. The molecule has 0 unspecified atom stereocenters. The van der Waals surface area contributed by atoms with Gasteiger partial charge in [-0.15, -0.1) is 11.3 Å². The number of sulfonamides is 1. The van der Waals surface area contributed by atoms with Gasteiger partial charge in [-0.25, -0.2) is 4.98 Å². The lowest BCUT2D eigenvalue weighted by atomic mass is 10.1. The summed E-state index contributed by atoms with van der Waals surface area (Å²) in [6.45, 7) is 4.13. The van der Waals surface area contributed by atoms with Crippen LogP contribution in [0.1, 0.15) is 37.0 Å². The van der Waals surface area contributed by atoms with E-state index in [0.717, 1.165) is 36.2 Å². The average Bonchev–Trinajstić information content (AvgIpc) is 3.38. The summed E-state index contributed by atoms with van der Waals surface area (Å²) in [5, 5.41) is 1.68. The Morgan fingerprint density at radius 3 is 2.52 bits per heavy atom. The van der Waals surface area contributed by atoms with Crippen molar-refractivity contribution in [3.8, 4) is 5.75 Å². The first kappa shape index (κ1) is 19.9. The quantitative estimate of drug-likeness (QED) is 0.542. The molecule has 0 N–H and O–H groups in total. The summed E-state index contributed by atoms with van der Waals surface area (Å²) in [4.78, 5) is 4.06. The molecule has 1 aliphatic carbocycles. The van der Waals surface area contributed by atoms with Gasteiger partial charge in [0.1, 0.15) is 12.4 Å². The highest BCUT2D eigenvalue weighted by Gasteiger charge is 2.33. The molecule has 0 spiro atoms. The molecule has 2 aromatic carbocycles. The van der Waals surface area contributed by atoms with Crippen molar-refractivity contribution in [1.82, 2.24) is 4.98 Å². The standard InChI is InChI=1S/C22H24N2O3S2/c1-16(2)24(29(25,26)22-23-11-12-28-22)20-13-18-9-6-10-19(18)14-21(20)27-15-17-7-4-3-5-8-17/h3-5,7-8,11-14,16H,6,9-10,15H2,1-2H3. The molecule has 0 amide bonds. The fraction of sp³-hybridized carbons (Fsp3) is 0.318. The first-order valence-corrected chi connectivity index (χ1v) is 12.1. The summed E-state index contributed by atoms with van der Waals surface area (Å²) >= 11 is 1.13. The Kier molecular flexibility index (Phi) is 5.61. The van der Waals surface area contributed by atoms with Crippen LogP contribution in [-0.2, 0) is 29.5 Å². The molecule has 0 fully saturated rings. The molecule has 0 saturated heterocycles. The second kappa shape index (κ2) is 8.16. The number of rotatable bonds is 7. The van der Waals surface area contributed by atoms with Crippen LogP contribution in [0.25, 0.3) is 0 Å². The van der Waals surface area contributed by atoms with Crippen molar-refractivity contribution in [3.63, 3.8) is 0 Å². The minimum atomic E-state index is -3.77. The number of benzene rings is 2. The number of thiazole rings is 1. The van der Waals surface area contributed by atoms with Gasteiger partial charge in [-0.1, -0.05) is 30.3 Å². The lowest BCUT2D eigenvalue weighted by molar-refractivity contribution is 0.306. The van der Waals surface area contributed by atoms with E-state index in [0.29, 0.717) is 18.0 Å². The van der Waals surface area contributed by atoms with Crippen molar-refractivity contribution in [2.24, 2.45) is 0 Å². The van der Waals surface area contributed by atoms with Crippen molar-refractivity contribution < 1.29 is 13.2 Å². The van der Waals surface area contributed by atoms with Crippen molar-refractivity contribution in [2.75, 3.05) is 4.31 Å². The van der Waals surface area contributed by atoms with Crippen molar-refractivity contribution in [1.29, 1.82) is 0 Å². The molecule has 1 aliphatic rings. The molecule has 5 nitrogen and oxygen atoms in total. The topological polar surface area (TPSA) is 59.5 Å². The molecule has 29 heavy (non-hydrogen) atoms. The molecule has 0 bridgehead atoms. The predicted octanol–water partition coefficient (Wildman–Crippen LogP) is 4.81. The van der Waals surface area contributed by atoms with Crippen LogP contribution in [0.5, 0.6) is 5.75 Å². The predicted molar refractivity (Wildman–Crippen MR) is 116 cm³/mol. The van der Waals surface area contributed by atoms with E-state index in [2.05, 4.69) is 4.98 Å². The average molecular weight is 429 g/mol. The molecule has 1 heterocycles. The van der Waals surface area contributed by atoms with Crippen LogP contribution in [0.3, 0.4) is 0 Å². The van der Waals surface area contributed by atoms with Gasteiger partial charge in [0.25, 0.3) is 10.0 Å². The van der Waals surface area contributed by atoms with Gasteiger partial charge in [-0.3, -0.25) is 4.31 Å². The molecular weight excluding hydrogens is 404 g/mol. The van der Waals surface area contributed by atoms with E-state index in [4.69, 9.17) is 4.74 Å². The maximum Gasteiger partial charge on any atom is 0.292 e. The Morgan fingerprint density at radius 1 is 1.14 bits per heavy atom. The van der Waals surface area contributed by atoms with Crippen molar-refractivity contribution in [2.45, 2.75) is 50.1 Å². The number of nitrogens with zero attached hydrogens (tertiary/aromatic N) is 2. The van der Waals surface area contributed by atoms with Crippen LogP contribution in [0.15, 0.2) is 58.4 Å². The summed E-state index contributed by atoms with van der Waals surface area (Å²) < 4.78 is 34.5. The smallest absolute Gasteiger partial charge is 0.292 e. The van der Waals surface area contributed by atoms with Crippen molar-refractivity contribution >= 4 is 27.0 Å². The van der Waals surface area contributed by atoms with Gasteiger partial charge in [0.2, 0.25) is 4.34 Å². The SMILES string of the molecule is CC(C)N(c1cc2c(cc1OCc1ccccc1)CCC2)S(=O)(=O)c1nccs1. The molecule has 7 heteroatoms. The van der Waals surface area contributed by atoms with E-state index in [-0.39, 0.29) is 10.4 Å². The number of hydrogen-bond acceptors (Lipinski definition) is 5. The third kappa shape index (κ3) is 4.02. The van der Waals surface area contributed by atoms with Crippen LogP contribution in [0.2, 0.25) is 0 Å². The lowest BCUT2D eigenvalue weighted by Gasteiger charge is -2.29. The van der Waals surface area contributed by atoms with E-state index >= 15 is 0 Å². The van der Waals surface area contributed by atoms with E-state index < -0.39 is 10.0 Å². The summed E-state index contributed by atoms with van der Waals surface area (Å²) in [7, 11) is -3.77. The molecule has 0 aliphatic heterocycles. The van der Waals surface area contributed by atoms with Crippen LogP contribution >= 0.6 is 11.3 Å². The highest BCUT2D eigenvalue weighted by atomic mass is 32.2. The second-order valence-corrected chi connectivity index (χ2v) is 10.3. The summed E-state index contributed by atoms with van der Waals surface area (Å²) in [6, 6.07) is 13.6. The van der Waals surface area contributed by atoms with Crippen molar-refractivity contribution in [3.05, 3.63) is 70.7 Å². The zero-order valence-electron chi connectivity index (χ0n) is 16.5. The van der Waals surface area contributed by atoms with Gasteiger partial charge < -0.3 is 4.74 Å². The maximum atomic E-state index is 13.4. The van der Waals surface area contributed by atoms with Crippen LogP contribution in [-0.4, -0.2) is 19.4 Å². The zero-order valence-corrected chi connectivity index (χ0v) is 18.2. The Labute approximate surface area is 176 Å². The minimum Gasteiger partial charge on any atom is -0.487 e. The van der Waals surface area contributed by atoms with Gasteiger partial charge in [-0.05, 0) is 61.9 Å². The van der Waals surface area contributed by atoms with E-state index in [1.807, 2.05) is 56.3 Å². The first-order valence-electron chi connectivity index (χ1n) is 9.73. The van der Waals surface area contributed by atoms with Gasteiger partial charge in [0.15, 0.2) is 0 Å². The van der Waals surface area contributed by atoms with Gasteiger partial charge in [0, 0.05) is 17.6 Å². The first-order chi connectivity index (χ1) is 14.0. The number of anilines is 1. The molecule has 152 valence electrons. The molecular formula is C22H24N2O3S2. The van der Waals surface area contributed by atoms with Crippen LogP contribution in [0.4, 0.5) is 5.69 Å². The Bertz CT molecular complexity index is 1080. The third-order valence-electron chi connectivity index (χ3n) is 5.01. The normalized spacial score (nSPS) is 13.5. The fourth-order valence-corrected chi connectivity index (χ4v) is 6.29. The Balaban J connectivity index is 1.77. The summed E-state index contributed by atoms with van der Waals surface area (Å²) in [5.41, 5.74) is 4.07. The second-order valence-electron chi connectivity index (χ2n) is 7.41. The molecule has 4 rings (SSSR count). The molecule has 0 saturated carbocycles. The number of aryl methyl sites for hydroxylation is 2. The fourth-order valence-electron chi connectivity index (χ4n) is 3.72. The van der Waals surface area contributed by atoms with E-state index in [9.17, 15) is 8.42 Å². The summed E-state index contributed by atoms with van der Waals surface area (Å²) in [5.74, 6) is 0.600. The Morgan fingerprint density at radius 2 is 1.86 bits per heavy atom. The minimum absolute atomic E-state index is 0.0979. The molecule has 0 atom stereocenters. The van der Waals surface area contributed by atoms with Gasteiger partial charge in [0.05, 0.1) is 5.69 Å². The number of ether oxygens (including phenoxy) is 1. The zero-order chi connectivity index (χ0) is 20.4. The van der Waals surface area contributed by atoms with E-state index in [1.165, 1.54) is 21.6 Å². The number of fused-ring (bicyclic) bond motifs is 1. The van der Waals surface area contributed by atoms with Gasteiger partial charge >= 0.3 is 0 Å². The van der Waals surface area contributed by atoms with Gasteiger partial charge in [-0.2, -0.15) is 8.42 Å². The van der Waals surface area contributed by atoms with E-state index in [1.54, 1.807) is 5.38 Å². The highest BCUT2D eigenvalue weighted by molar-refractivity contribution is 7.94. The third-order valence-corrected chi connectivity index (χ3v) is 8.17. The van der Waals surface area contributed by atoms with Crippen LogP contribution < -0.4 is 9.04 Å². The Hall–Kier alpha value is -2.38. The number of hydrogen-bond donors (Lipinski definition) is 0. The maximum absolute atomic E-state index is 13.4. The lowest BCUT2D eigenvalue weighted by Crippen LogP contribution is -2.37. The monoisotopic (exact) mass is 428 g/mol. The van der Waals surface area contributed by atoms with Crippen LogP contribution in [0, 0.1) is 0 Å². The molecule has 3 aromatic rings. The number of aromatic nitrogens is 1. The highest BCUT2D eigenvalue weighted by Crippen LogP contribution is 2.39. The molecule has 1 aromatic heterocycles. The summed E-state index contributed by atoms with van der Waals surface area (Å²) in [6.07, 6.45) is 4.56.